The van der Waals surface area contributed by atoms with Crippen LogP contribution in [-0.2, 0) is 9.59 Å². The lowest BCUT2D eigenvalue weighted by Gasteiger charge is -2.23. The lowest BCUT2D eigenvalue weighted by atomic mass is 9.95. The normalized spacial score (nSPS) is 13.5. The number of ether oxygens (including phenoxy) is 1. The zero-order valence-corrected chi connectivity index (χ0v) is 21.0. The van der Waals surface area contributed by atoms with Crippen molar-refractivity contribution in [2.24, 2.45) is 5.10 Å². The number of anilines is 1. The van der Waals surface area contributed by atoms with Gasteiger partial charge in [0, 0.05) is 6.04 Å². The van der Waals surface area contributed by atoms with Gasteiger partial charge in [-0.1, -0.05) is 43.5 Å². The number of halogens is 1. The second kappa shape index (κ2) is 13.1. The first-order chi connectivity index (χ1) is 18.9. The predicted molar refractivity (Wildman–Crippen MR) is 143 cm³/mol. The zero-order chi connectivity index (χ0) is 27.6. The van der Waals surface area contributed by atoms with Gasteiger partial charge in [-0.2, -0.15) is 5.10 Å². The van der Waals surface area contributed by atoms with Gasteiger partial charge in [-0.05, 0) is 66.9 Å². The molecule has 39 heavy (non-hydrogen) atoms. The Balaban J connectivity index is 1.29. The fourth-order valence-electron chi connectivity index (χ4n) is 4.11. The molecule has 1 saturated carbocycles. The van der Waals surface area contributed by atoms with Crippen molar-refractivity contribution >= 4 is 35.6 Å². The standard InChI is InChI=1S/C29H27FN4O5/c30-24-12-6-4-10-22(24)29(38)39-21-16-14-19(15-17-21)18-31-34-28(37)27(36)33-25-13-7-5-11-23(25)26(35)32-20-8-2-1-3-9-20/h4-7,10-18,20H,1-3,8-9H2,(H,32,35)(H,33,36)(H,34,37)/b31-18-. The molecular weight excluding hydrogens is 503 g/mol. The number of hydrogen-bond acceptors (Lipinski definition) is 6. The van der Waals surface area contributed by atoms with E-state index in [1.165, 1.54) is 42.6 Å². The van der Waals surface area contributed by atoms with E-state index in [1.54, 1.807) is 36.4 Å². The highest BCUT2D eigenvalue weighted by atomic mass is 19.1. The van der Waals surface area contributed by atoms with Gasteiger partial charge in [0.15, 0.2) is 0 Å². The largest absolute Gasteiger partial charge is 0.423 e. The van der Waals surface area contributed by atoms with Gasteiger partial charge in [0.25, 0.3) is 5.91 Å². The van der Waals surface area contributed by atoms with Crippen LogP contribution < -0.4 is 20.8 Å². The molecule has 1 aliphatic carbocycles. The van der Waals surface area contributed by atoms with E-state index in [-0.39, 0.29) is 34.5 Å². The summed E-state index contributed by atoms with van der Waals surface area (Å²) in [6.45, 7) is 0. The van der Waals surface area contributed by atoms with Crippen LogP contribution in [-0.4, -0.2) is 35.9 Å². The third-order valence-electron chi connectivity index (χ3n) is 6.13. The van der Waals surface area contributed by atoms with E-state index in [2.05, 4.69) is 21.2 Å². The van der Waals surface area contributed by atoms with Gasteiger partial charge in [0.05, 0.1) is 23.0 Å². The fraction of sp³-hybridized carbons (Fsp3) is 0.207. The number of esters is 1. The third-order valence-corrected chi connectivity index (χ3v) is 6.13. The van der Waals surface area contributed by atoms with Crippen LogP contribution in [0.4, 0.5) is 10.1 Å². The molecular formula is C29H27FN4O5. The Kier molecular flexibility index (Phi) is 9.12. The number of nitrogens with zero attached hydrogens (tertiary/aromatic N) is 1. The summed E-state index contributed by atoms with van der Waals surface area (Å²) >= 11 is 0. The summed E-state index contributed by atoms with van der Waals surface area (Å²) in [5.74, 6) is -3.64. The van der Waals surface area contributed by atoms with E-state index in [0.717, 1.165) is 32.1 Å². The first-order valence-corrected chi connectivity index (χ1v) is 12.5. The Hall–Kier alpha value is -4.86. The summed E-state index contributed by atoms with van der Waals surface area (Å²) in [6, 6.07) is 18.1. The second-order valence-electron chi connectivity index (χ2n) is 8.95. The molecule has 3 amide bonds. The molecule has 3 aromatic carbocycles. The van der Waals surface area contributed by atoms with Gasteiger partial charge >= 0.3 is 17.8 Å². The summed E-state index contributed by atoms with van der Waals surface area (Å²) in [7, 11) is 0. The van der Waals surface area contributed by atoms with E-state index in [9.17, 15) is 23.6 Å². The van der Waals surface area contributed by atoms with Crippen molar-refractivity contribution in [2.75, 3.05) is 5.32 Å². The van der Waals surface area contributed by atoms with E-state index in [4.69, 9.17) is 4.74 Å². The molecule has 4 rings (SSSR count). The van der Waals surface area contributed by atoms with Crippen LogP contribution in [0.1, 0.15) is 58.4 Å². The van der Waals surface area contributed by atoms with Crippen LogP contribution in [0.15, 0.2) is 77.9 Å². The maximum atomic E-state index is 13.7. The van der Waals surface area contributed by atoms with Crippen LogP contribution in [0.3, 0.4) is 0 Å². The van der Waals surface area contributed by atoms with Gasteiger partial charge in [0.2, 0.25) is 0 Å². The summed E-state index contributed by atoms with van der Waals surface area (Å²) in [5.41, 5.74) is 2.97. The highest BCUT2D eigenvalue weighted by Crippen LogP contribution is 2.20. The van der Waals surface area contributed by atoms with Crippen molar-refractivity contribution in [1.29, 1.82) is 0 Å². The SMILES string of the molecule is O=C(N/N=C\c1ccc(OC(=O)c2ccccc2F)cc1)C(=O)Nc1ccccc1C(=O)NC1CCCCC1. The second-order valence-corrected chi connectivity index (χ2v) is 8.95. The molecule has 3 aromatic rings. The van der Waals surface area contributed by atoms with Crippen molar-refractivity contribution < 1.29 is 28.3 Å². The Morgan fingerprint density at radius 3 is 2.21 bits per heavy atom. The first-order valence-electron chi connectivity index (χ1n) is 12.5. The Bertz CT molecular complexity index is 1380. The number of para-hydroxylation sites is 1. The Labute approximate surface area is 224 Å². The van der Waals surface area contributed by atoms with Gasteiger partial charge in [-0.15, -0.1) is 0 Å². The van der Waals surface area contributed by atoms with Crippen molar-refractivity contribution in [3.63, 3.8) is 0 Å². The number of carbonyl (C=O) groups is 4. The summed E-state index contributed by atoms with van der Waals surface area (Å²) in [5, 5.41) is 9.22. The molecule has 1 aliphatic rings. The summed E-state index contributed by atoms with van der Waals surface area (Å²) in [4.78, 5) is 49.5. The van der Waals surface area contributed by atoms with Gasteiger partial charge < -0.3 is 15.4 Å². The van der Waals surface area contributed by atoms with Crippen LogP contribution in [0, 0.1) is 5.82 Å². The molecule has 200 valence electrons. The fourth-order valence-corrected chi connectivity index (χ4v) is 4.11. The van der Waals surface area contributed by atoms with Gasteiger partial charge in [-0.3, -0.25) is 14.4 Å². The molecule has 0 aliphatic heterocycles. The summed E-state index contributed by atoms with van der Waals surface area (Å²) < 4.78 is 18.9. The zero-order valence-electron chi connectivity index (χ0n) is 21.0. The number of hydrogen-bond donors (Lipinski definition) is 3. The number of nitrogens with one attached hydrogen (secondary N) is 3. The van der Waals surface area contributed by atoms with Gasteiger partial charge in [0.1, 0.15) is 11.6 Å². The minimum Gasteiger partial charge on any atom is -0.423 e. The molecule has 0 atom stereocenters. The van der Waals surface area contributed by atoms with Gasteiger partial charge in [-0.25, -0.2) is 14.6 Å². The van der Waals surface area contributed by atoms with Crippen molar-refractivity contribution in [2.45, 2.75) is 38.1 Å². The average Bonchev–Trinajstić information content (AvgIpc) is 2.95. The quantitative estimate of drug-likeness (QED) is 0.139. The topological polar surface area (TPSA) is 126 Å². The highest BCUT2D eigenvalue weighted by molar-refractivity contribution is 6.40. The van der Waals surface area contributed by atoms with Crippen LogP contribution in [0.2, 0.25) is 0 Å². The minimum absolute atomic E-state index is 0.0978. The number of carbonyl (C=O) groups excluding carboxylic acids is 4. The monoisotopic (exact) mass is 530 g/mol. The lowest BCUT2D eigenvalue weighted by Crippen LogP contribution is -2.37. The lowest BCUT2D eigenvalue weighted by molar-refractivity contribution is -0.136. The molecule has 10 heteroatoms. The maximum Gasteiger partial charge on any atom is 0.346 e. The molecule has 9 nitrogen and oxygen atoms in total. The van der Waals surface area contributed by atoms with Crippen molar-refractivity contribution in [3.8, 4) is 5.75 Å². The van der Waals surface area contributed by atoms with E-state index in [0.29, 0.717) is 5.56 Å². The molecule has 0 saturated heterocycles. The molecule has 3 N–H and O–H groups in total. The van der Waals surface area contributed by atoms with Crippen LogP contribution in [0.5, 0.6) is 5.75 Å². The Morgan fingerprint density at radius 1 is 0.821 bits per heavy atom. The number of amides is 3. The molecule has 0 aromatic heterocycles. The molecule has 1 fully saturated rings. The van der Waals surface area contributed by atoms with Crippen LogP contribution in [0.25, 0.3) is 0 Å². The van der Waals surface area contributed by atoms with E-state index in [1.807, 2.05) is 0 Å². The summed E-state index contributed by atoms with van der Waals surface area (Å²) in [6.07, 6.45) is 6.42. The average molecular weight is 531 g/mol. The third kappa shape index (κ3) is 7.57. The maximum absolute atomic E-state index is 13.7. The molecule has 0 unspecified atom stereocenters. The molecule has 0 heterocycles. The molecule has 0 spiro atoms. The molecule has 0 radical (unpaired) electrons. The number of rotatable bonds is 7. The predicted octanol–water partition coefficient (Wildman–Crippen LogP) is 4.20. The number of hydrazone groups is 1. The first kappa shape index (κ1) is 27.2. The number of benzene rings is 3. The van der Waals surface area contributed by atoms with Crippen LogP contribution >= 0.6 is 0 Å². The Morgan fingerprint density at radius 2 is 1.49 bits per heavy atom. The highest BCUT2D eigenvalue weighted by Gasteiger charge is 2.21. The molecule has 0 bridgehead atoms. The van der Waals surface area contributed by atoms with E-state index < -0.39 is 23.6 Å². The van der Waals surface area contributed by atoms with E-state index >= 15 is 0 Å². The minimum atomic E-state index is -1.02. The van der Waals surface area contributed by atoms with Crippen molar-refractivity contribution in [1.82, 2.24) is 10.7 Å². The smallest absolute Gasteiger partial charge is 0.346 e. The van der Waals surface area contributed by atoms with Crippen molar-refractivity contribution in [3.05, 3.63) is 95.3 Å².